The summed E-state index contributed by atoms with van der Waals surface area (Å²) in [6.45, 7) is 4.26. The molecule has 0 bridgehead atoms. The molecule has 2 aromatic rings. The molecule has 0 saturated carbocycles. The van der Waals surface area contributed by atoms with Crippen molar-refractivity contribution >= 4 is 5.91 Å². The lowest BCUT2D eigenvalue weighted by molar-refractivity contribution is 0.0941. The molecule has 0 fully saturated rings. The van der Waals surface area contributed by atoms with Crippen molar-refractivity contribution in [1.29, 1.82) is 0 Å². The maximum absolute atomic E-state index is 12.0. The maximum atomic E-state index is 12.0. The normalized spacial score (nSPS) is 10.7. The van der Waals surface area contributed by atoms with E-state index in [1.54, 1.807) is 22.5 Å². The Hall–Kier alpha value is -2.11. The lowest BCUT2D eigenvalue weighted by atomic mass is 10.2. The summed E-state index contributed by atoms with van der Waals surface area (Å²) >= 11 is 0. The van der Waals surface area contributed by atoms with E-state index >= 15 is 0 Å². The van der Waals surface area contributed by atoms with Gasteiger partial charge in [0.05, 0.1) is 11.4 Å². The van der Waals surface area contributed by atoms with Crippen LogP contribution in [0.25, 0.3) is 0 Å². The van der Waals surface area contributed by atoms with E-state index in [-0.39, 0.29) is 5.91 Å². The zero-order valence-corrected chi connectivity index (χ0v) is 11.1. The van der Waals surface area contributed by atoms with Crippen molar-refractivity contribution in [1.82, 2.24) is 24.9 Å². The predicted molar refractivity (Wildman–Crippen MR) is 67.1 cm³/mol. The predicted octanol–water partition coefficient (Wildman–Crippen LogP) is 0.700. The lowest BCUT2D eigenvalue weighted by Gasteiger charge is -2.04. The molecule has 6 nitrogen and oxygen atoms in total. The smallest absolute Gasteiger partial charge is 0.269 e. The number of carbonyl (C=O) groups excluding carboxylic acids is 1. The van der Waals surface area contributed by atoms with Crippen molar-refractivity contribution in [3.63, 3.8) is 0 Å². The number of nitrogens with zero attached hydrogens (tertiary/aromatic N) is 4. The number of amides is 1. The van der Waals surface area contributed by atoms with E-state index in [4.69, 9.17) is 0 Å². The van der Waals surface area contributed by atoms with Crippen molar-refractivity contribution in [2.45, 2.75) is 20.4 Å². The van der Waals surface area contributed by atoms with Crippen LogP contribution in [0.1, 0.15) is 27.4 Å². The van der Waals surface area contributed by atoms with Crippen LogP contribution in [0, 0.1) is 13.8 Å². The van der Waals surface area contributed by atoms with E-state index < -0.39 is 0 Å². The van der Waals surface area contributed by atoms with E-state index in [1.807, 2.05) is 27.1 Å². The second-order valence-electron chi connectivity index (χ2n) is 4.39. The van der Waals surface area contributed by atoms with Crippen LogP contribution in [0.2, 0.25) is 0 Å². The van der Waals surface area contributed by atoms with Crippen LogP contribution in [0.5, 0.6) is 0 Å². The van der Waals surface area contributed by atoms with Crippen LogP contribution in [0.4, 0.5) is 0 Å². The van der Waals surface area contributed by atoms with Gasteiger partial charge in [0.15, 0.2) is 0 Å². The molecular weight excluding hydrogens is 230 g/mol. The Morgan fingerprint density at radius 2 is 2.06 bits per heavy atom. The van der Waals surface area contributed by atoms with E-state index in [9.17, 15) is 4.79 Å². The number of hydrogen-bond donors (Lipinski definition) is 1. The number of aryl methyl sites for hydroxylation is 4. The summed E-state index contributed by atoms with van der Waals surface area (Å²) in [5, 5.41) is 11.2. The van der Waals surface area contributed by atoms with Gasteiger partial charge >= 0.3 is 0 Å². The lowest BCUT2D eigenvalue weighted by Crippen LogP contribution is -2.25. The highest BCUT2D eigenvalue weighted by atomic mass is 16.2. The van der Waals surface area contributed by atoms with Crippen molar-refractivity contribution in [3.05, 3.63) is 34.9 Å². The Bertz CT molecular complexity index is 581. The Morgan fingerprint density at radius 1 is 1.33 bits per heavy atom. The SMILES string of the molecule is Cc1cc(C(=O)NCc2cn(C)nc2C)n(C)n1. The van der Waals surface area contributed by atoms with Crippen LogP contribution >= 0.6 is 0 Å². The minimum absolute atomic E-state index is 0.124. The molecule has 2 aromatic heterocycles. The number of nitrogens with one attached hydrogen (secondary N) is 1. The highest BCUT2D eigenvalue weighted by Crippen LogP contribution is 2.06. The zero-order chi connectivity index (χ0) is 13.3. The number of aromatic nitrogens is 4. The molecule has 0 aliphatic carbocycles. The van der Waals surface area contributed by atoms with Gasteiger partial charge in [-0.3, -0.25) is 14.2 Å². The fourth-order valence-electron chi connectivity index (χ4n) is 1.91. The summed E-state index contributed by atoms with van der Waals surface area (Å²) < 4.78 is 3.33. The molecule has 96 valence electrons. The van der Waals surface area contributed by atoms with Gasteiger partial charge in [0.1, 0.15) is 5.69 Å². The molecule has 2 rings (SSSR count). The molecule has 0 aliphatic heterocycles. The molecule has 1 N–H and O–H groups in total. The van der Waals surface area contributed by atoms with Crippen LogP contribution in [-0.2, 0) is 20.6 Å². The first-order valence-corrected chi connectivity index (χ1v) is 5.75. The molecule has 0 spiro atoms. The van der Waals surface area contributed by atoms with Crippen LogP contribution in [-0.4, -0.2) is 25.5 Å². The third-order valence-electron chi connectivity index (χ3n) is 2.79. The van der Waals surface area contributed by atoms with Crippen molar-refractivity contribution in [3.8, 4) is 0 Å². The summed E-state index contributed by atoms with van der Waals surface area (Å²) in [4.78, 5) is 12.0. The van der Waals surface area contributed by atoms with Gasteiger partial charge in [0.25, 0.3) is 5.91 Å². The maximum Gasteiger partial charge on any atom is 0.269 e. The standard InChI is InChI=1S/C12H17N5O/c1-8-5-11(17(4)14-8)12(18)13-6-10-7-16(3)15-9(10)2/h5,7H,6H2,1-4H3,(H,13,18). The Labute approximate surface area is 106 Å². The third kappa shape index (κ3) is 2.42. The zero-order valence-electron chi connectivity index (χ0n) is 11.1. The number of hydrogen-bond acceptors (Lipinski definition) is 3. The second kappa shape index (κ2) is 4.64. The number of carbonyl (C=O) groups is 1. The first-order valence-electron chi connectivity index (χ1n) is 5.75. The highest BCUT2D eigenvalue weighted by molar-refractivity contribution is 5.92. The summed E-state index contributed by atoms with van der Waals surface area (Å²) in [5.74, 6) is -0.124. The topological polar surface area (TPSA) is 64.7 Å². The molecule has 0 unspecified atom stereocenters. The molecule has 6 heteroatoms. The van der Waals surface area contributed by atoms with E-state index in [0.29, 0.717) is 12.2 Å². The first-order chi connectivity index (χ1) is 8.47. The van der Waals surface area contributed by atoms with Gasteiger partial charge in [-0.25, -0.2) is 0 Å². The minimum Gasteiger partial charge on any atom is -0.347 e. The summed E-state index contributed by atoms with van der Waals surface area (Å²) in [7, 11) is 3.63. The molecule has 0 atom stereocenters. The second-order valence-corrected chi connectivity index (χ2v) is 4.39. The third-order valence-corrected chi connectivity index (χ3v) is 2.79. The Kier molecular flexibility index (Phi) is 3.18. The van der Waals surface area contributed by atoms with Crippen LogP contribution < -0.4 is 5.32 Å². The summed E-state index contributed by atoms with van der Waals surface area (Å²) in [6.07, 6.45) is 1.91. The quantitative estimate of drug-likeness (QED) is 0.868. The number of rotatable bonds is 3. The molecule has 1 amide bonds. The molecule has 0 aliphatic rings. The van der Waals surface area contributed by atoms with Gasteiger partial charge in [0, 0.05) is 32.4 Å². The minimum atomic E-state index is -0.124. The molecule has 0 saturated heterocycles. The Balaban J connectivity index is 2.05. The van der Waals surface area contributed by atoms with Gasteiger partial charge < -0.3 is 5.32 Å². The van der Waals surface area contributed by atoms with Gasteiger partial charge in [-0.2, -0.15) is 10.2 Å². The highest BCUT2D eigenvalue weighted by Gasteiger charge is 2.12. The van der Waals surface area contributed by atoms with Crippen molar-refractivity contribution in [2.24, 2.45) is 14.1 Å². The summed E-state index contributed by atoms with van der Waals surface area (Å²) in [6, 6.07) is 1.77. The average molecular weight is 247 g/mol. The average Bonchev–Trinajstić information content (AvgIpc) is 2.78. The van der Waals surface area contributed by atoms with E-state index in [1.165, 1.54) is 0 Å². The van der Waals surface area contributed by atoms with Gasteiger partial charge in [-0.05, 0) is 19.9 Å². The van der Waals surface area contributed by atoms with Crippen LogP contribution in [0.3, 0.4) is 0 Å². The summed E-state index contributed by atoms with van der Waals surface area (Å²) in [5.41, 5.74) is 3.35. The molecule has 0 aromatic carbocycles. The van der Waals surface area contributed by atoms with Gasteiger partial charge in [-0.15, -0.1) is 0 Å². The van der Waals surface area contributed by atoms with Crippen molar-refractivity contribution in [2.75, 3.05) is 0 Å². The fourth-order valence-corrected chi connectivity index (χ4v) is 1.91. The molecular formula is C12H17N5O. The van der Waals surface area contributed by atoms with Crippen molar-refractivity contribution < 1.29 is 4.79 Å². The van der Waals surface area contributed by atoms with E-state index in [0.717, 1.165) is 17.0 Å². The molecule has 2 heterocycles. The van der Waals surface area contributed by atoms with Gasteiger partial charge in [0.2, 0.25) is 0 Å². The first kappa shape index (κ1) is 12.3. The van der Waals surface area contributed by atoms with Gasteiger partial charge in [-0.1, -0.05) is 0 Å². The monoisotopic (exact) mass is 247 g/mol. The van der Waals surface area contributed by atoms with Crippen LogP contribution in [0.15, 0.2) is 12.3 Å². The largest absolute Gasteiger partial charge is 0.347 e. The molecule has 0 radical (unpaired) electrons. The van der Waals surface area contributed by atoms with E-state index in [2.05, 4.69) is 15.5 Å². The molecule has 18 heavy (non-hydrogen) atoms. The Morgan fingerprint density at radius 3 is 2.56 bits per heavy atom. The fraction of sp³-hybridized carbons (Fsp3) is 0.417.